The molecule has 0 aliphatic heterocycles. The maximum Gasteiger partial charge on any atom is 0.234 e. The Morgan fingerprint density at radius 2 is 1.97 bits per heavy atom. The molecule has 0 unspecified atom stereocenters. The van der Waals surface area contributed by atoms with Gasteiger partial charge in [0, 0.05) is 12.2 Å². The van der Waals surface area contributed by atoms with E-state index in [0.717, 1.165) is 11.3 Å². The molecule has 3 aromatic rings. The summed E-state index contributed by atoms with van der Waals surface area (Å²) < 4.78 is 7.81. The van der Waals surface area contributed by atoms with Gasteiger partial charge in [-0.1, -0.05) is 53.2 Å². The summed E-state index contributed by atoms with van der Waals surface area (Å²) in [5.74, 6) is 1.55. The first-order chi connectivity index (χ1) is 14.0. The molecule has 0 spiro atoms. The summed E-state index contributed by atoms with van der Waals surface area (Å²) in [6.07, 6.45) is 0. The van der Waals surface area contributed by atoms with Crippen LogP contribution in [0.5, 0.6) is 5.75 Å². The molecule has 3 rings (SSSR count). The molecule has 1 N–H and O–H groups in total. The van der Waals surface area contributed by atoms with Crippen molar-refractivity contribution in [2.24, 2.45) is 0 Å². The number of halogens is 2. The topological polar surface area (TPSA) is 69.0 Å². The summed E-state index contributed by atoms with van der Waals surface area (Å²) in [6.45, 7) is 4.98. The monoisotopic (exact) mass is 450 g/mol. The van der Waals surface area contributed by atoms with Crippen molar-refractivity contribution < 1.29 is 9.53 Å². The smallest absolute Gasteiger partial charge is 0.234 e. The van der Waals surface area contributed by atoms with Crippen LogP contribution in [0.1, 0.15) is 18.3 Å². The minimum Gasteiger partial charge on any atom is -0.485 e. The first-order valence-corrected chi connectivity index (χ1v) is 10.7. The quantitative estimate of drug-likeness (QED) is 0.476. The zero-order valence-corrected chi connectivity index (χ0v) is 18.3. The lowest BCUT2D eigenvalue weighted by molar-refractivity contribution is -0.113. The van der Waals surface area contributed by atoms with E-state index in [2.05, 4.69) is 15.5 Å². The molecule has 0 fully saturated rings. The second-order valence-corrected chi connectivity index (χ2v) is 7.92. The molecule has 1 amide bonds. The first kappa shape index (κ1) is 21.5. The predicted octanol–water partition coefficient (Wildman–Crippen LogP) is 5.22. The van der Waals surface area contributed by atoms with Gasteiger partial charge < -0.3 is 14.6 Å². The van der Waals surface area contributed by atoms with Gasteiger partial charge in [0.25, 0.3) is 0 Å². The molecule has 6 nitrogen and oxygen atoms in total. The number of para-hydroxylation sites is 1. The molecule has 0 saturated carbocycles. The zero-order valence-electron chi connectivity index (χ0n) is 16.0. The molecule has 0 aliphatic carbocycles. The zero-order chi connectivity index (χ0) is 20.8. The van der Waals surface area contributed by atoms with Crippen LogP contribution in [-0.4, -0.2) is 26.4 Å². The molecule has 152 valence electrons. The maximum absolute atomic E-state index is 12.2. The molecule has 0 aliphatic rings. The standard InChI is InChI=1S/C20H20Cl2N4O2S/c1-3-26-18(11-28-17-7-5-4-6-13(17)2)24-25-20(26)29-12-19(27)23-14-8-9-15(21)16(22)10-14/h4-10H,3,11-12H2,1-2H3,(H,23,27). The predicted molar refractivity (Wildman–Crippen MR) is 117 cm³/mol. The van der Waals surface area contributed by atoms with E-state index in [0.29, 0.717) is 39.9 Å². The molecule has 29 heavy (non-hydrogen) atoms. The van der Waals surface area contributed by atoms with E-state index in [1.54, 1.807) is 18.2 Å². The molecule has 0 saturated heterocycles. The van der Waals surface area contributed by atoms with Crippen LogP contribution in [0.4, 0.5) is 5.69 Å². The number of nitrogens with one attached hydrogen (secondary N) is 1. The number of rotatable bonds is 8. The fraction of sp³-hybridized carbons (Fsp3) is 0.250. The van der Waals surface area contributed by atoms with Crippen molar-refractivity contribution in [3.8, 4) is 5.75 Å². The van der Waals surface area contributed by atoms with E-state index in [9.17, 15) is 4.79 Å². The summed E-state index contributed by atoms with van der Waals surface area (Å²) in [7, 11) is 0. The van der Waals surface area contributed by atoms with Crippen LogP contribution >= 0.6 is 35.0 Å². The highest BCUT2D eigenvalue weighted by atomic mass is 35.5. The SMILES string of the molecule is CCn1c(COc2ccccc2C)nnc1SCC(=O)Nc1ccc(Cl)c(Cl)c1. The Morgan fingerprint density at radius 1 is 1.17 bits per heavy atom. The van der Waals surface area contributed by atoms with Gasteiger partial charge >= 0.3 is 0 Å². The number of benzene rings is 2. The Kier molecular flexibility index (Phi) is 7.41. The molecule has 0 atom stereocenters. The molecular weight excluding hydrogens is 431 g/mol. The number of nitrogens with zero attached hydrogens (tertiary/aromatic N) is 3. The van der Waals surface area contributed by atoms with Crippen LogP contribution < -0.4 is 10.1 Å². The molecule has 1 aromatic heterocycles. The van der Waals surface area contributed by atoms with E-state index in [4.69, 9.17) is 27.9 Å². The van der Waals surface area contributed by atoms with Gasteiger partial charge in [0.2, 0.25) is 5.91 Å². The van der Waals surface area contributed by atoms with Gasteiger partial charge in [0.15, 0.2) is 11.0 Å². The Morgan fingerprint density at radius 3 is 2.69 bits per heavy atom. The number of aryl methyl sites for hydroxylation is 1. The summed E-state index contributed by atoms with van der Waals surface area (Å²) in [5, 5.41) is 12.7. The Bertz CT molecular complexity index is 1010. The number of carbonyl (C=O) groups is 1. The number of hydrogen-bond donors (Lipinski definition) is 1. The van der Waals surface area contributed by atoms with Crippen LogP contribution in [0.15, 0.2) is 47.6 Å². The van der Waals surface area contributed by atoms with Gasteiger partial charge in [-0.15, -0.1) is 10.2 Å². The Hall–Kier alpha value is -2.22. The second-order valence-electron chi connectivity index (χ2n) is 6.16. The number of carbonyl (C=O) groups excluding carboxylic acids is 1. The largest absolute Gasteiger partial charge is 0.485 e. The minimum absolute atomic E-state index is 0.170. The van der Waals surface area contributed by atoms with Gasteiger partial charge in [-0.3, -0.25) is 4.79 Å². The highest BCUT2D eigenvalue weighted by Crippen LogP contribution is 2.25. The van der Waals surface area contributed by atoms with Gasteiger partial charge in [-0.05, 0) is 43.7 Å². The van der Waals surface area contributed by atoms with Crippen molar-refractivity contribution in [3.05, 3.63) is 63.9 Å². The number of hydrogen-bond acceptors (Lipinski definition) is 5. The van der Waals surface area contributed by atoms with Gasteiger partial charge in [0.05, 0.1) is 15.8 Å². The van der Waals surface area contributed by atoms with Crippen LogP contribution in [0.3, 0.4) is 0 Å². The third-order valence-electron chi connectivity index (χ3n) is 4.10. The third-order valence-corrected chi connectivity index (χ3v) is 5.80. The normalized spacial score (nSPS) is 10.8. The maximum atomic E-state index is 12.2. The van der Waals surface area contributed by atoms with Crippen molar-refractivity contribution in [1.29, 1.82) is 0 Å². The average molecular weight is 451 g/mol. The number of anilines is 1. The first-order valence-electron chi connectivity index (χ1n) is 8.96. The number of ether oxygens (including phenoxy) is 1. The highest BCUT2D eigenvalue weighted by molar-refractivity contribution is 7.99. The summed E-state index contributed by atoms with van der Waals surface area (Å²) in [4.78, 5) is 12.2. The van der Waals surface area contributed by atoms with Crippen LogP contribution in [0.25, 0.3) is 0 Å². The van der Waals surface area contributed by atoms with Crippen molar-refractivity contribution in [1.82, 2.24) is 14.8 Å². The highest BCUT2D eigenvalue weighted by Gasteiger charge is 2.14. The number of amides is 1. The van der Waals surface area contributed by atoms with E-state index >= 15 is 0 Å². The van der Waals surface area contributed by atoms with Gasteiger partial charge in [-0.25, -0.2) is 0 Å². The van der Waals surface area contributed by atoms with Crippen molar-refractivity contribution in [2.75, 3.05) is 11.1 Å². The molecule has 0 radical (unpaired) electrons. The van der Waals surface area contributed by atoms with E-state index in [-0.39, 0.29) is 11.7 Å². The van der Waals surface area contributed by atoms with E-state index in [1.807, 2.05) is 42.7 Å². The average Bonchev–Trinajstić information content (AvgIpc) is 3.10. The Balaban J connectivity index is 1.59. The molecule has 0 bridgehead atoms. The number of thioether (sulfide) groups is 1. The lowest BCUT2D eigenvalue weighted by Crippen LogP contribution is -2.15. The van der Waals surface area contributed by atoms with Crippen molar-refractivity contribution >= 4 is 46.6 Å². The van der Waals surface area contributed by atoms with Crippen molar-refractivity contribution in [2.45, 2.75) is 32.2 Å². The van der Waals surface area contributed by atoms with Gasteiger partial charge in [-0.2, -0.15) is 0 Å². The fourth-order valence-corrected chi connectivity index (χ4v) is 3.73. The Labute approximate surface area is 183 Å². The van der Waals surface area contributed by atoms with E-state index < -0.39 is 0 Å². The lowest BCUT2D eigenvalue weighted by atomic mass is 10.2. The van der Waals surface area contributed by atoms with Gasteiger partial charge in [0.1, 0.15) is 12.4 Å². The van der Waals surface area contributed by atoms with Crippen LogP contribution in [0.2, 0.25) is 10.0 Å². The fourth-order valence-electron chi connectivity index (χ4n) is 2.61. The van der Waals surface area contributed by atoms with Crippen molar-refractivity contribution in [3.63, 3.8) is 0 Å². The molecular formula is C20H20Cl2N4O2S. The van der Waals surface area contributed by atoms with Crippen LogP contribution in [0, 0.1) is 6.92 Å². The summed E-state index contributed by atoms with van der Waals surface area (Å²) in [6, 6.07) is 12.8. The number of aromatic nitrogens is 3. The molecule has 9 heteroatoms. The minimum atomic E-state index is -0.170. The lowest BCUT2D eigenvalue weighted by Gasteiger charge is -2.10. The molecule has 2 aromatic carbocycles. The van der Waals surface area contributed by atoms with E-state index in [1.165, 1.54) is 11.8 Å². The third kappa shape index (κ3) is 5.65. The van der Waals surface area contributed by atoms with Crippen LogP contribution in [-0.2, 0) is 17.9 Å². The second kappa shape index (κ2) is 10.0. The molecule has 1 heterocycles. The summed E-state index contributed by atoms with van der Waals surface area (Å²) in [5.41, 5.74) is 1.65. The summed E-state index contributed by atoms with van der Waals surface area (Å²) >= 11 is 13.2.